The molecule has 0 aliphatic carbocycles. The zero-order valence-electron chi connectivity index (χ0n) is 15.4. The third kappa shape index (κ3) is 4.67. The number of morpholine rings is 1. The third-order valence-electron chi connectivity index (χ3n) is 4.67. The minimum atomic E-state index is -0.208. The molecule has 0 spiro atoms. The van der Waals surface area contributed by atoms with E-state index < -0.39 is 0 Å². The molecule has 2 aliphatic heterocycles. The molecule has 27 heavy (non-hydrogen) atoms. The van der Waals surface area contributed by atoms with Gasteiger partial charge in [0.25, 0.3) is 5.91 Å². The highest BCUT2D eigenvalue weighted by Crippen LogP contribution is 2.21. The van der Waals surface area contributed by atoms with Crippen molar-refractivity contribution in [2.45, 2.75) is 45.6 Å². The number of anilines is 1. The fourth-order valence-electron chi connectivity index (χ4n) is 3.65. The van der Waals surface area contributed by atoms with Crippen molar-refractivity contribution in [2.24, 2.45) is 0 Å². The Morgan fingerprint density at radius 3 is 2.96 bits per heavy atom. The number of hydrogen-bond acceptors (Lipinski definition) is 7. The van der Waals surface area contributed by atoms with Crippen LogP contribution in [0.15, 0.2) is 5.38 Å². The van der Waals surface area contributed by atoms with Gasteiger partial charge in [0.2, 0.25) is 0 Å². The van der Waals surface area contributed by atoms with Crippen LogP contribution in [0.1, 0.15) is 41.3 Å². The number of rotatable bonds is 4. The number of carbonyl (C=O) groups excluding carboxylic acids is 1. The van der Waals surface area contributed by atoms with Crippen molar-refractivity contribution in [2.75, 3.05) is 25.0 Å². The van der Waals surface area contributed by atoms with Crippen molar-refractivity contribution in [3.05, 3.63) is 28.0 Å². The van der Waals surface area contributed by atoms with E-state index in [1.165, 1.54) is 11.3 Å². The Morgan fingerprint density at radius 2 is 2.19 bits per heavy atom. The second kappa shape index (κ2) is 8.66. The molecule has 0 radical (unpaired) electrons. The van der Waals surface area contributed by atoms with Crippen LogP contribution in [-0.2, 0) is 24.2 Å². The number of aromatic nitrogens is 3. The summed E-state index contributed by atoms with van der Waals surface area (Å²) in [5.41, 5.74) is 3.43. The van der Waals surface area contributed by atoms with E-state index in [1.807, 2.05) is 5.38 Å². The normalized spacial score (nSPS) is 22.7. The molecular weight excluding hydrogens is 388 g/mol. The molecule has 8 nitrogen and oxygen atoms in total. The van der Waals surface area contributed by atoms with Gasteiger partial charge in [-0.15, -0.1) is 23.7 Å². The number of thiazole rings is 1. The predicted molar refractivity (Wildman–Crippen MR) is 107 cm³/mol. The Balaban J connectivity index is 0.00000210. The highest BCUT2D eigenvalue weighted by Gasteiger charge is 2.24. The van der Waals surface area contributed by atoms with Gasteiger partial charge >= 0.3 is 0 Å². The van der Waals surface area contributed by atoms with Gasteiger partial charge < -0.3 is 10.1 Å². The lowest BCUT2D eigenvalue weighted by Gasteiger charge is -2.34. The molecule has 1 fully saturated rings. The molecule has 1 saturated heterocycles. The van der Waals surface area contributed by atoms with Crippen LogP contribution in [0.25, 0.3) is 0 Å². The molecule has 148 valence electrons. The summed E-state index contributed by atoms with van der Waals surface area (Å²) in [6.45, 7) is 8.33. The summed E-state index contributed by atoms with van der Waals surface area (Å²) in [6.07, 6.45) is 1.33. The van der Waals surface area contributed by atoms with Crippen molar-refractivity contribution in [1.82, 2.24) is 25.4 Å². The number of hydrogen-bond donors (Lipinski definition) is 3. The lowest BCUT2D eigenvalue weighted by Crippen LogP contribution is -2.44. The number of nitrogens with one attached hydrogen (secondary N) is 3. The number of halogens is 1. The average Bonchev–Trinajstić information content (AvgIpc) is 3.20. The molecule has 2 aromatic heterocycles. The van der Waals surface area contributed by atoms with E-state index >= 15 is 0 Å². The summed E-state index contributed by atoms with van der Waals surface area (Å²) in [5, 5.41) is 15.9. The lowest BCUT2D eigenvalue weighted by atomic mass is 10.1. The van der Waals surface area contributed by atoms with E-state index in [1.54, 1.807) is 0 Å². The maximum Gasteiger partial charge on any atom is 0.278 e. The smallest absolute Gasteiger partial charge is 0.278 e. The molecule has 0 saturated carbocycles. The molecule has 0 bridgehead atoms. The molecular formula is C17H25ClN6O2S. The maximum atomic E-state index is 12.6. The first-order valence-electron chi connectivity index (χ1n) is 8.99. The number of amides is 1. The Kier molecular flexibility index (Phi) is 6.48. The van der Waals surface area contributed by atoms with E-state index in [2.05, 4.69) is 44.6 Å². The maximum absolute atomic E-state index is 12.6. The number of carbonyl (C=O) groups is 1. The van der Waals surface area contributed by atoms with Gasteiger partial charge in [-0.25, -0.2) is 4.98 Å². The van der Waals surface area contributed by atoms with Crippen LogP contribution in [0.3, 0.4) is 0 Å². The number of fused-ring (bicyclic) bond motifs is 1. The lowest BCUT2D eigenvalue weighted by molar-refractivity contribution is -0.0707. The SMILES string of the molecule is CC1CN(Cc2csc(NC(=O)c3n[nH]c4c3CNCC4)n2)CC(C)O1.Cl. The largest absolute Gasteiger partial charge is 0.373 e. The highest BCUT2D eigenvalue weighted by atomic mass is 35.5. The van der Waals surface area contributed by atoms with Gasteiger partial charge in [0.15, 0.2) is 10.8 Å². The first kappa shape index (κ1) is 20.2. The quantitative estimate of drug-likeness (QED) is 0.708. The summed E-state index contributed by atoms with van der Waals surface area (Å²) < 4.78 is 5.77. The molecule has 2 aromatic rings. The molecule has 2 aliphatic rings. The molecule has 4 rings (SSSR count). The monoisotopic (exact) mass is 412 g/mol. The fraction of sp³-hybridized carbons (Fsp3) is 0.588. The van der Waals surface area contributed by atoms with Gasteiger partial charge in [0.1, 0.15) is 0 Å². The predicted octanol–water partition coefficient (Wildman–Crippen LogP) is 1.80. The van der Waals surface area contributed by atoms with Gasteiger partial charge in [-0.05, 0) is 13.8 Å². The molecule has 2 unspecified atom stereocenters. The first-order chi connectivity index (χ1) is 12.6. The van der Waals surface area contributed by atoms with Crippen LogP contribution in [-0.4, -0.2) is 57.8 Å². The molecule has 4 heterocycles. The summed E-state index contributed by atoms with van der Waals surface area (Å²) in [5.74, 6) is -0.208. The molecule has 10 heteroatoms. The second-order valence-electron chi connectivity index (χ2n) is 7.01. The minimum Gasteiger partial charge on any atom is -0.373 e. The van der Waals surface area contributed by atoms with Crippen LogP contribution in [0.4, 0.5) is 5.13 Å². The van der Waals surface area contributed by atoms with Crippen molar-refractivity contribution in [3.8, 4) is 0 Å². The highest BCUT2D eigenvalue weighted by molar-refractivity contribution is 7.13. The second-order valence-corrected chi connectivity index (χ2v) is 7.86. The number of H-pyrrole nitrogens is 1. The standard InChI is InChI=1S/C17H24N6O2S.ClH/c1-10-6-23(7-11(2)25-10)8-12-9-26-17(19-12)20-16(24)15-13-5-18-4-3-14(13)21-22-15;/h9-11,18H,3-8H2,1-2H3,(H,21,22)(H,19,20,24);1H. The molecule has 2 atom stereocenters. The molecule has 1 amide bonds. The zero-order chi connectivity index (χ0) is 18.1. The Morgan fingerprint density at radius 1 is 1.41 bits per heavy atom. The topological polar surface area (TPSA) is 95.2 Å². The van der Waals surface area contributed by atoms with Crippen LogP contribution in [0, 0.1) is 0 Å². The van der Waals surface area contributed by atoms with E-state index in [4.69, 9.17) is 4.74 Å². The summed E-state index contributed by atoms with van der Waals surface area (Å²) in [4.78, 5) is 19.5. The summed E-state index contributed by atoms with van der Waals surface area (Å²) in [7, 11) is 0. The van der Waals surface area contributed by atoms with Crippen LogP contribution < -0.4 is 10.6 Å². The van der Waals surface area contributed by atoms with Crippen LogP contribution >= 0.6 is 23.7 Å². The Hall–Kier alpha value is -1.52. The van der Waals surface area contributed by atoms with Crippen molar-refractivity contribution < 1.29 is 9.53 Å². The number of nitrogens with zero attached hydrogens (tertiary/aromatic N) is 3. The number of ether oxygens (including phenoxy) is 1. The van der Waals surface area contributed by atoms with Crippen molar-refractivity contribution in [3.63, 3.8) is 0 Å². The van der Waals surface area contributed by atoms with Gasteiger partial charge in [-0.2, -0.15) is 5.10 Å². The Labute approximate surface area is 168 Å². The van der Waals surface area contributed by atoms with Gasteiger partial charge in [0.05, 0.1) is 17.9 Å². The van der Waals surface area contributed by atoms with Gasteiger partial charge in [0, 0.05) is 55.8 Å². The fourth-order valence-corrected chi connectivity index (χ4v) is 4.35. The molecule has 0 aromatic carbocycles. The van der Waals surface area contributed by atoms with Crippen LogP contribution in [0.2, 0.25) is 0 Å². The van der Waals surface area contributed by atoms with E-state index in [0.29, 0.717) is 17.4 Å². The molecule has 3 N–H and O–H groups in total. The van der Waals surface area contributed by atoms with E-state index in [9.17, 15) is 4.79 Å². The van der Waals surface area contributed by atoms with Gasteiger partial charge in [-0.1, -0.05) is 0 Å². The summed E-state index contributed by atoms with van der Waals surface area (Å²) >= 11 is 1.45. The van der Waals surface area contributed by atoms with E-state index in [0.717, 1.165) is 49.6 Å². The minimum absolute atomic E-state index is 0. The zero-order valence-corrected chi connectivity index (χ0v) is 17.1. The first-order valence-corrected chi connectivity index (χ1v) is 9.87. The average molecular weight is 413 g/mol. The van der Waals surface area contributed by atoms with Crippen LogP contribution in [0.5, 0.6) is 0 Å². The van der Waals surface area contributed by atoms with Gasteiger partial charge in [-0.3, -0.25) is 20.1 Å². The van der Waals surface area contributed by atoms with Crippen molar-refractivity contribution >= 4 is 34.8 Å². The number of aromatic amines is 1. The third-order valence-corrected chi connectivity index (χ3v) is 5.48. The van der Waals surface area contributed by atoms with Crippen molar-refractivity contribution in [1.29, 1.82) is 0 Å². The summed E-state index contributed by atoms with van der Waals surface area (Å²) in [6, 6.07) is 0. The van der Waals surface area contributed by atoms with E-state index in [-0.39, 0.29) is 30.5 Å². The Bertz CT molecular complexity index is 784.